The molecule has 9 nitrogen and oxygen atoms in total. The average molecular weight is 472 g/mol. The summed E-state index contributed by atoms with van der Waals surface area (Å²) < 4.78 is 10.7. The zero-order chi connectivity index (χ0) is 25.3. The first-order valence-electron chi connectivity index (χ1n) is 11.3. The van der Waals surface area contributed by atoms with Crippen LogP contribution in [0.1, 0.15) is 44.7 Å². The van der Waals surface area contributed by atoms with E-state index in [0.29, 0.717) is 6.42 Å². The molecule has 2 aromatic carbocycles. The Hall–Kier alpha value is -3.62. The lowest BCUT2D eigenvalue weighted by Gasteiger charge is -2.31. The fourth-order valence-corrected chi connectivity index (χ4v) is 3.49. The monoisotopic (exact) mass is 471 g/mol. The molecule has 2 aromatic rings. The van der Waals surface area contributed by atoms with E-state index in [4.69, 9.17) is 9.47 Å². The number of aryl methyl sites for hydroxylation is 1. The molecule has 0 saturated carbocycles. The highest BCUT2D eigenvalue weighted by Crippen LogP contribution is 2.30. The maximum absolute atomic E-state index is 13.3. The molecular formula is C25H33N3O6. The molecule has 0 unspecified atom stereocenters. The van der Waals surface area contributed by atoms with Gasteiger partial charge in [-0.2, -0.15) is 0 Å². The molecule has 2 atom stereocenters. The van der Waals surface area contributed by atoms with Crippen LogP contribution >= 0.6 is 0 Å². The molecule has 2 amide bonds. The molecule has 184 valence electrons. The van der Waals surface area contributed by atoms with Gasteiger partial charge in [0.25, 0.3) is 5.91 Å². The highest BCUT2D eigenvalue weighted by atomic mass is 16.6. The molecule has 34 heavy (non-hydrogen) atoms. The minimum atomic E-state index is -0.669. The Kier molecular flexibility index (Phi) is 9.85. The standard InChI is InChI=1S/C25H33N3O6/c1-6-18(4)26-25(30)21(7-2)27(15-19-10-8-9-17(3)13-19)24(29)16-34-20-11-12-22(28(31)32)23(14-20)33-5/h8-14,18,21H,6-7,15-16H2,1-5H3,(H,26,30)/t18-,21+/m1/s1. The maximum atomic E-state index is 13.3. The number of hydrogen-bond donors (Lipinski definition) is 1. The number of carbonyl (C=O) groups excluding carboxylic acids is 2. The van der Waals surface area contributed by atoms with E-state index in [0.717, 1.165) is 17.5 Å². The van der Waals surface area contributed by atoms with Crippen LogP contribution in [0.5, 0.6) is 11.5 Å². The smallest absolute Gasteiger partial charge is 0.311 e. The third-order valence-corrected chi connectivity index (χ3v) is 5.53. The van der Waals surface area contributed by atoms with E-state index in [1.54, 1.807) is 0 Å². The van der Waals surface area contributed by atoms with Crippen LogP contribution in [-0.4, -0.2) is 47.4 Å². The largest absolute Gasteiger partial charge is 0.490 e. The van der Waals surface area contributed by atoms with E-state index < -0.39 is 11.0 Å². The molecule has 0 aliphatic rings. The van der Waals surface area contributed by atoms with Crippen molar-refractivity contribution >= 4 is 17.5 Å². The zero-order valence-corrected chi connectivity index (χ0v) is 20.4. The van der Waals surface area contributed by atoms with Crippen LogP contribution in [0, 0.1) is 17.0 Å². The molecule has 2 rings (SSSR count). The van der Waals surface area contributed by atoms with Crippen LogP contribution < -0.4 is 14.8 Å². The summed E-state index contributed by atoms with van der Waals surface area (Å²) in [6, 6.07) is 11.1. The molecule has 0 heterocycles. The SMILES string of the molecule is CC[C@@H](C)NC(=O)[C@H](CC)N(Cc1cccc(C)c1)C(=O)COc1ccc([N+](=O)[O-])c(OC)c1. The highest BCUT2D eigenvalue weighted by Gasteiger charge is 2.29. The van der Waals surface area contributed by atoms with E-state index in [2.05, 4.69) is 5.32 Å². The van der Waals surface area contributed by atoms with Gasteiger partial charge < -0.3 is 19.7 Å². The third-order valence-electron chi connectivity index (χ3n) is 5.53. The van der Waals surface area contributed by atoms with Crippen molar-refractivity contribution in [1.29, 1.82) is 0 Å². The lowest BCUT2D eigenvalue weighted by Crippen LogP contribution is -2.51. The van der Waals surface area contributed by atoms with Crippen molar-refractivity contribution in [3.05, 3.63) is 63.7 Å². The minimum absolute atomic E-state index is 0.0127. The summed E-state index contributed by atoms with van der Waals surface area (Å²) in [6.07, 6.45) is 1.21. The second-order valence-electron chi connectivity index (χ2n) is 8.13. The lowest BCUT2D eigenvalue weighted by atomic mass is 10.1. The van der Waals surface area contributed by atoms with Crippen LogP contribution in [-0.2, 0) is 16.1 Å². The van der Waals surface area contributed by atoms with Gasteiger partial charge in [0, 0.05) is 24.7 Å². The van der Waals surface area contributed by atoms with Crippen molar-refractivity contribution in [2.24, 2.45) is 0 Å². The maximum Gasteiger partial charge on any atom is 0.311 e. The number of carbonyl (C=O) groups is 2. The Balaban J connectivity index is 2.25. The summed E-state index contributed by atoms with van der Waals surface area (Å²) in [4.78, 5) is 38.3. The fraction of sp³-hybridized carbons (Fsp3) is 0.440. The van der Waals surface area contributed by atoms with Crippen molar-refractivity contribution in [1.82, 2.24) is 10.2 Å². The number of nitro groups is 1. The first kappa shape index (κ1) is 26.6. The Bertz CT molecular complexity index is 1010. The van der Waals surface area contributed by atoms with Crippen LogP contribution in [0.25, 0.3) is 0 Å². The molecule has 0 spiro atoms. The average Bonchev–Trinajstić information content (AvgIpc) is 2.81. The summed E-state index contributed by atoms with van der Waals surface area (Å²) in [6.45, 7) is 7.64. The van der Waals surface area contributed by atoms with Gasteiger partial charge in [-0.15, -0.1) is 0 Å². The number of nitro benzene ring substituents is 1. The highest BCUT2D eigenvalue weighted by molar-refractivity contribution is 5.88. The minimum Gasteiger partial charge on any atom is -0.490 e. The van der Waals surface area contributed by atoms with Gasteiger partial charge in [-0.1, -0.05) is 43.7 Å². The van der Waals surface area contributed by atoms with Gasteiger partial charge >= 0.3 is 5.69 Å². The van der Waals surface area contributed by atoms with Crippen molar-refractivity contribution in [2.75, 3.05) is 13.7 Å². The summed E-state index contributed by atoms with van der Waals surface area (Å²) in [5, 5.41) is 14.1. The molecule has 1 N–H and O–H groups in total. The van der Waals surface area contributed by atoms with Crippen molar-refractivity contribution in [3.63, 3.8) is 0 Å². The van der Waals surface area contributed by atoms with Gasteiger partial charge in [0.1, 0.15) is 11.8 Å². The Morgan fingerprint density at radius 3 is 2.47 bits per heavy atom. The van der Waals surface area contributed by atoms with Crippen LogP contribution in [0.2, 0.25) is 0 Å². The molecule has 0 fully saturated rings. The van der Waals surface area contributed by atoms with E-state index in [1.807, 2.05) is 52.0 Å². The molecule has 0 saturated heterocycles. The van der Waals surface area contributed by atoms with Gasteiger partial charge in [0.05, 0.1) is 12.0 Å². The van der Waals surface area contributed by atoms with Gasteiger partial charge in [-0.25, -0.2) is 0 Å². The van der Waals surface area contributed by atoms with E-state index in [-0.39, 0.29) is 48.2 Å². The number of amides is 2. The van der Waals surface area contributed by atoms with Gasteiger partial charge in [0.2, 0.25) is 11.7 Å². The number of methoxy groups -OCH3 is 1. The predicted molar refractivity (Wildman–Crippen MR) is 129 cm³/mol. The number of ether oxygens (including phenoxy) is 2. The number of rotatable bonds is 12. The second kappa shape index (κ2) is 12.6. The predicted octanol–water partition coefficient (Wildman–Crippen LogP) is 4.01. The number of hydrogen-bond acceptors (Lipinski definition) is 6. The van der Waals surface area contributed by atoms with Gasteiger partial charge in [0.15, 0.2) is 6.61 Å². The van der Waals surface area contributed by atoms with E-state index in [9.17, 15) is 19.7 Å². The van der Waals surface area contributed by atoms with Crippen LogP contribution in [0.4, 0.5) is 5.69 Å². The van der Waals surface area contributed by atoms with Crippen LogP contribution in [0.15, 0.2) is 42.5 Å². The molecular weight excluding hydrogens is 438 g/mol. The van der Waals surface area contributed by atoms with Gasteiger partial charge in [-0.3, -0.25) is 19.7 Å². The number of nitrogens with one attached hydrogen (secondary N) is 1. The molecule has 0 aliphatic heterocycles. The number of benzene rings is 2. The quantitative estimate of drug-likeness (QED) is 0.370. The fourth-order valence-electron chi connectivity index (χ4n) is 3.49. The van der Waals surface area contributed by atoms with Gasteiger partial charge in [-0.05, 0) is 38.3 Å². The number of nitrogens with zero attached hydrogens (tertiary/aromatic N) is 2. The van der Waals surface area contributed by atoms with Crippen molar-refractivity contribution in [2.45, 2.75) is 59.2 Å². The first-order valence-corrected chi connectivity index (χ1v) is 11.3. The van der Waals surface area contributed by atoms with Crippen LogP contribution in [0.3, 0.4) is 0 Å². The summed E-state index contributed by atoms with van der Waals surface area (Å²) in [5.74, 6) is -0.297. The third kappa shape index (κ3) is 7.19. The first-order chi connectivity index (χ1) is 16.2. The summed E-state index contributed by atoms with van der Waals surface area (Å²) in [5.41, 5.74) is 1.76. The molecule has 0 radical (unpaired) electrons. The van der Waals surface area contributed by atoms with Crippen molar-refractivity contribution < 1.29 is 24.0 Å². The Labute approximate surface area is 200 Å². The topological polar surface area (TPSA) is 111 Å². The molecule has 0 aliphatic carbocycles. The zero-order valence-electron chi connectivity index (χ0n) is 20.4. The summed E-state index contributed by atoms with van der Waals surface area (Å²) in [7, 11) is 1.32. The molecule has 0 bridgehead atoms. The summed E-state index contributed by atoms with van der Waals surface area (Å²) >= 11 is 0. The normalized spacial score (nSPS) is 12.4. The Morgan fingerprint density at radius 2 is 1.88 bits per heavy atom. The molecule has 9 heteroatoms. The molecule has 0 aromatic heterocycles. The van der Waals surface area contributed by atoms with Crippen molar-refractivity contribution in [3.8, 4) is 11.5 Å². The Morgan fingerprint density at radius 1 is 1.15 bits per heavy atom. The second-order valence-corrected chi connectivity index (χ2v) is 8.13. The van der Waals surface area contributed by atoms with E-state index >= 15 is 0 Å². The van der Waals surface area contributed by atoms with E-state index in [1.165, 1.54) is 30.2 Å². The lowest BCUT2D eigenvalue weighted by molar-refractivity contribution is -0.385.